The molecule has 14 heavy (non-hydrogen) atoms. The van der Waals surface area contributed by atoms with Crippen molar-refractivity contribution >= 4 is 0 Å². The Hall–Kier alpha value is -0.0800. The first kappa shape index (κ1) is 10.4. The fourth-order valence-corrected chi connectivity index (χ4v) is 3.07. The van der Waals surface area contributed by atoms with Crippen LogP contribution in [0.15, 0.2) is 0 Å². The monoisotopic (exact) mass is 198 g/mol. The standard InChI is InChI=1S/C12H22O2/c1-11(2)5-6-12(13,9-11)10-4-3-7-14-8-10/h10,13H,3-9H2,1-2H3. The third kappa shape index (κ3) is 1.96. The fourth-order valence-electron chi connectivity index (χ4n) is 3.07. The molecule has 0 aromatic carbocycles. The summed E-state index contributed by atoms with van der Waals surface area (Å²) in [5.74, 6) is 0.387. The maximum atomic E-state index is 10.6. The highest BCUT2D eigenvalue weighted by Crippen LogP contribution is 2.48. The van der Waals surface area contributed by atoms with Crippen molar-refractivity contribution in [3.63, 3.8) is 0 Å². The average Bonchev–Trinajstić information content (AvgIpc) is 2.44. The Bertz CT molecular complexity index is 206. The zero-order chi connectivity index (χ0) is 10.2. The molecule has 2 nitrogen and oxygen atoms in total. The largest absolute Gasteiger partial charge is 0.389 e. The number of hydrogen-bond acceptors (Lipinski definition) is 2. The van der Waals surface area contributed by atoms with Crippen LogP contribution in [0.5, 0.6) is 0 Å². The predicted octanol–water partition coefficient (Wildman–Crippen LogP) is 2.35. The zero-order valence-corrected chi connectivity index (χ0v) is 9.38. The van der Waals surface area contributed by atoms with Gasteiger partial charge in [0.2, 0.25) is 0 Å². The molecular weight excluding hydrogens is 176 g/mol. The Labute approximate surface area is 86.6 Å². The van der Waals surface area contributed by atoms with E-state index in [2.05, 4.69) is 13.8 Å². The van der Waals surface area contributed by atoms with E-state index in [0.717, 1.165) is 45.3 Å². The summed E-state index contributed by atoms with van der Waals surface area (Å²) in [4.78, 5) is 0. The SMILES string of the molecule is CC1(C)CCC(O)(C2CCCOC2)C1. The molecule has 1 N–H and O–H groups in total. The van der Waals surface area contributed by atoms with Crippen LogP contribution < -0.4 is 0 Å². The molecule has 82 valence electrons. The molecule has 0 amide bonds. The van der Waals surface area contributed by atoms with Gasteiger partial charge in [0.1, 0.15) is 0 Å². The predicted molar refractivity (Wildman–Crippen MR) is 56.1 cm³/mol. The van der Waals surface area contributed by atoms with Crippen LogP contribution in [-0.2, 0) is 4.74 Å². The number of aliphatic hydroxyl groups is 1. The van der Waals surface area contributed by atoms with Gasteiger partial charge in [-0.1, -0.05) is 13.8 Å². The van der Waals surface area contributed by atoms with Crippen LogP contribution in [0.2, 0.25) is 0 Å². The van der Waals surface area contributed by atoms with Gasteiger partial charge >= 0.3 is 0 Å². The lowest BCUT2D eigenvalue weighted by atomic mass is 9.79. The van der Waals surface area contributed by atoms with Gasteiger partial charge in [0.25, 0.3) is 0 Å². The third-order valence-corrected chi connectivity index (χ3v) is 3.94. The molecule has 2 fully saturated rings. The minimum absolute atomic E-state index is 0.326. The summed E-state index contributed by atoms with van der Waals surface area (Å²) >= 11 is 0. The molecule has 0 aromatic rings. The summed E-state index contributed by atoms with van der Waals surface area (Å²) < 4.78 is 5.47. The van der Waals surface area contributed by atoms with E-state index in [4.69, 9.17) is 4.74 Å². The summed E-state index contributed by atoms with van der Waals surface area (Å²) in [7, 11) is 0. The van der Waals surface area contributed by atoms with Gasteiger partial charge in [-0.3, -0.25) is 0 Å². The maximum Gasteiger partial charge on any atom is 0.0703 e. The molecule has 2 rings (SSSR count). The summed E-state index contributed by atoms with van der Waals surface area (Å²) in [6.07, 6.45) is 5.34. The normalized spacial score (nSPS) is 42.6. The van der Waals surface area contributed by atoms with Crippen molar-refractivity contribution in [3.8, 4) is 0 Å². The van der Waals surface area contributed by atoms with Crippen LogP contribution in [0.3, 0.4) is 0 Å². The van der Waals surface area contributed by atoms with Crippen LogP contribution in [0.25, 0.3) is 0 Å². The van der Waals surface area contributed by atoms with E-state index in [9.17, 15) is 5.11 Å². The first-order valence-electron chi connectivity index (χ1n) is 5.82. The zero-order valence-electron chi connectivity index (χ0n) is 9.38. The van der Waals surface area contributed by atoms with Gasteiger partial charge in [-0.2, -0.15) is 0 Å². The average molecular weight is 198 g/mol. The van der Waals surface area contributed by atoms with E-state index >= 15 is 0 Å². The smallest absolute Gasteiger partial charge is 0.0703 e. The summed E-state index contributed by atoms with van der Waals surface area (Å²) in [6.45, 7) is 6.17. The lowest BCUT2D eigenvalue weighted by Gasteiger charge is -2.36. The lowest BCUT2D eigenvalue weighted by molar-refractivity contribution is -0.0793. The summed E-state index contributed by atoms with van der Waals surface area (Å²) in [5, 5.41) is 10.6. The quantitative estimate of drug-likeness (QED) is 0.701. The first-order valence-corrected chi connectivity index (χ1v) is 5.82. The molecule has 0 aromatic heterocycles. The molecule has 1 aliphatic carbocycles. The van der Waals surface area contributed by atoms with Crippen LogP contribution in [-0.4, -0.2) is 23.9 Å². The van der Waals surface area contributed by atoms with Crippen molar-refractivity contribution in [3.05, 3.63) is 0 Å². The summed E-state index contributed by atoms with van der Waals surface area (Å²) in [5.41, 5.74) is -0.101. The van der Waals surface area contributed by atoms with Crippen LogP contribution in [0, 0.1) is 11.3 Å². The first-order chi connectivity index (χ1) is 6.52. The van der Waals surface area contributed by atoms with Gasteiger partial charge in [-0.25, -0.2) is 0 Å². The van der Waals surface area contributed by atoms with Gasteiger partial charge in [0, 0.05) is 12.5 Å². The Kier molecular flexibility index (Phi) is 2.61. The summed E-state index contributed by atoms with van der Waals surface area (Å²) in [6, 6.07) is 0. The van der Waals surface area contributed by atoms with E-state index in [1.165, 1.54) is 0 Å². The second-order valence-corrected chi connectivity index (χ2v) is 5.86. The Morgan fingerprint density at radius 2 is 2.07 bits per heavy atom. The molecule has 2 aliphatic rings. The molecule has 1 saturated heterocycles. The van der Waals surface area contributed by atoms with Crippen LogP contribution >= 0.6 is 0 Å². The van der Waals surface area contributed by atoms with Crippen molar-refractivity contribution in [1.29, 1.82) is 0 Å². The second kappa shape index (κ2) is 3.49. The van der Waals surface area contributed by atoms with Crippen LogP contribution in [0.4, 0.5) is 0 Å². The Morgan fingerprint density at radius 3 is 2.57 bits per heavy atom. The van der Waals surface area contributed by atoms with Gasteiger partial charge in [0.05, 0.1) is 12.2 Å². The molecule has 0 radical (unpaired) electrons. The number of rotatable bonds is 1. The van der Waals surface area contributed by atoms with Crippen molar-refractivity contribution in [1.82, 2.24) is 0 Å². The van der Waals surface area contributed by atoms with Crippen molar-refractivity contribution in [2.75, 3.05) is 13.2 Å². The lowest BCUT2D eigenvalue weighted by Crippen LogP contribution is -2.40. The highest BCUT2D eigenvalue weighted by Gasteiger charge is 2.47. The molecule has 1 saturated carbocycles. The maximum absolute atomic E-state index is 10.6. The van der Waals surface area contributed by atoms with E-state index in [0.29, 0.717) is 11.3 Å². The molecule has 2 atom stereocenters. The highest BCUT2D eigenvalue weighted by molar-refractivity contribution is 4.98. The minimum atomic E-state index is -0.427. The van der Waals surface area contributed by atoms with Crippen molar-refractivity contribution in [2.45, 2.75) is 51.6 Å². The van der Waals surface area contributed by atoms with Gasteiger partial charge in [-0.05, 0) is 37.5 Å². The third-order valence-electron chi connectivity index (χ3n) is 3.94. The van der Waals surface area contributed by atoms with Crippen molar-refractivity contribution < 1.29 is 9.84 Å². The highest BCUT2D eigenvalue weighted by atomic mass is 16.5. The Balaban J connectivity index is 2.01. The fraction of sp³-hybridized carbons (Fsp3) is 1.00. The molecular formula is C12H22O2. The van der Waals surface area contributed by atoms with Gasteiger partial charge in [0.15, 0.2) is 0 Å². The molecule has 2 heteroatoms. The van der Waals surface area contributed by atoms with Crippen LogP contribution in [0.1, 0.15) is 46.0 Å². The molecule has 1 heterocycles. The van der Waals surface area contributed by atoms with E-state index in [-0.39, 0.29) is 0 Å². The molecule has 0 spiro atoms. The van der Waals surface area contributed by atoms with Gasteiger partial charge in [-0.15, -0.1) is 0 Å². The van der Waals surface area contributed by atoms with E-state index < -0.39 is 5.60 Å². The molecule has 2 unspecified atom stereocenters. The topological polar surface area (TPSA) is 29.5 Å². The number of hydrogen-bond donors (Lipinski definition) is 1. The van der Waals surface area contributed by atoms with E-state index in [1.54, 1.807) is 0 Å². The van der Waals surface area contributed by atoms with E-state index in [1.807, 2.05) is 0 Å². The molecule has 1 aliphatic heterocycles. The minimum Gasteiger partial charge on any atom is -0.389 e. The number of ether oxygens (including phenoxy) is 1. The second-order valence-electron chi connectivity index (χ2n) is 5.86. The Morgan fingerprint density at radius 1 is 1.29 bits per heavy atom. The van der Waals surface area contributed by atoms with Gasteiger partial charge < -0.3 is 9.84 Å². The van der Waals surface area contributed by atoms with Crippen molar-refractivity contribution in [2.24, 2.45) is 11.3 Å². The molecule has 0 bridgehead atoms.